The second-order valence-corrected chi connectivity index (χ2v) is 8.52. The van der Waals surface area contributed by atoms with Gasteiger partial charge in [0.05, 0.1) is 4.70 Å². The molecule has 0 radical (unpaired) electrons. The lowest BCUT2D eigenvalue weighted by atomic mass is 10.2. The molecule has 1 aromatic heterocycles. The van der Waals surface area contributed by atoms with Gasteiger partial charge < -0.3 is 9.64 Å². The number of carbonyl (C=O) groups excluding carboxylic acids is 1. The number of carbonyl (C=O) groups is 1. The number of rotatable bonds is 9. The van der Waals surface area contributed by atoms with Gasteiger partial charge in [0.15, 0.2) is 5.13 Å². The number of benzene rings is 3. The van der Waals surface area contributed by atoms with E-state index in [1.165, 1.54) is 17.4 Å². The molecule has 5 nitrogen and oxygen atoms in total. The molecule has 1 heterocycles. The quantitative estimate of drug-likeness (QED) is 0.259. The van der Waals surface area contributed by atoms with Gasteiger partial charge in [0.25, 0.3) is 5.91 Å². The number of thiazole rings is 1. The second kappa shape index (κ2) is 11.9. The topological polar surface area (TPSA) is 45.7 Å². The maximum Gasteiger partial charge on any atom is 0.260 e. The summed E-state index contributed by atoms with van der Waals surface area (Å²) in [6.07, 6.45) is 0. The van der Waals surface area contributed by atoms with Gasteiger partial charge in [-0.15, -0.1) is 12.4 Å². The van der Waals surface area contributed by atoms with Gasteiger partial charge in [0.1, 0.15) is 22.8 Å². The molecule has 0 fully saturated rings. The van der Waals surface area contributed by atoms with Crippen LogP contribution in [0.1, 0.15) is 24.2 Å². The molecule has 0 unspecified atom stereocenters. The number of para-hydroxylation sites is 2. The van der Waals surface area contributed by atoms with Crippen LogP contribution in [-0.2, 0) is 0 Å². The van der Waals surface area contributed by atoms with Crippen molar-refractivity contribution in [3.63, 3.8) is 0 Å². The van der Waals surface area contributed by atoms with Gasteiger partial charge in [-0.2, -0.15) is 0 Å². The van der Waals surface area contributed by atoms with Crippen LogP contribution in [0.3, 0.4) is 0 Å². The Morgan fingerprint density at radius 2 is 1.59 bits per heavy atom. The van der Waals surface area contributed by atoms with Crippen LogP contribution in [0.2, 0.25) is 0 Å². The van der Waals surface area contributed by atoms with E-state index in [4.69, 9.17) is 4.74 Å². The van der Waals surface area contributed by atoms with Crippen LogP contribution in [0.4, 0.5) is 9.52 Å². The Labute approximate surface area is 209 Å². The van der Waals surface area contributed by atoms with E-state index >= 15 is 0 Å². The number of amides is 1. The third kappa shape index (κ3) is 5.91. The highest BCUT2D eigenvalue weighted by Gasteiger charge is 2.22. The first-order chi connectivity index (χ1) is 16.1. The van der Waals surface area contributed by atoms with Crippen molar-refractivity contribution in [2.24, 2.45) is 0 Å². The summed E-state index contributed by atoms with van der Waals surface area (Å²) in [5.41, 5.74) is 0.819. The fourth-order valence-corrected chi connectivity index (χ4v) is 4.53. The van der Waals surface area contributed by atoms with Crippen molar-refractivity contribution in [1.82, 2.24) is 9.88 Å². The van der Waals surface area contributed by atoms with Crippen molar-refractivity contribution in [1.29, 1.82) is 0 Å². The number of fused-ring (bicyclic) bond motifs is 1. The number of hydrogen-bond acceptors (Lipinski definition) is 5. The van der Waals surface area contributed by atoms with Crippen LogP contribution in [-0.4, -0.2) is 42.0 Å². The summed E-state index contributed by atoms with van der Waals surface area (Å²) in [5, 5.41) is 0.497. The minimum atomic E-state index is -0.381. The van der Waals surface area contributed by atoms with Crippen molar-refractivity contribution in [3.8, 4) is 11.5 Å². The number of anilines is 1. The minimum Gasteiger partial charge on any atom is -0.457 e. The largest absolute Gasteiger partial charge is 0.457 e. The first-order valence-corrected chi connectivity index (χ1v) is 11.8. The first-order valence-electron chi connectivity index (χ1n) is 11.0. The maximum absolute atomic E-state index is 14.3. The number of likely N-dealkylation sites (N-methyl/N-ethyl adjacent to an activating group) is 1. The maximum atomic E-state index is 14.3. The minimum absolute atomic E-state index is 0. The summed E-state index contributed by atoms with van der Waals surface area (Å²) in [7, 11) is 0. The van der Waals surface area contributed by atoms with E-state index in [0.29, 0.717) is 35.1 Å². The monoisotopic (exact) mass is 499 g/mol. The number of hydrogen-bond donors (Lipinski definition) is 0. The van der Waals surface area contributed by atoms with Crippen LogP contribution in [0.25, 0.3) is 10.2 Å². The van der Waals surface area contributed by atoms with Gasteiger partial charge in [-0.1, -0.05) is 49.4 Å². The number of ether oxygens (including phenoxy) is 1. The van der Waals surface area contributed by atoms with Gasteiger partial charge in [-0.3, -0.25) is 9.69 Å². The predicted molar refractivity (Wildman–Crippen MR) is 139 cm³/mol. The smallest absolute Gasteiger partial charge is 0.260 e. The lowest BCUT2D eigenvalue weighted by Gasteiger charge is -2.24. The van der Waals surface area contributed by atoms with Gasteiger partial charge in [-0.05, 0) is 61.6 Å². The second-order valence-electron chi connectivity index (χ2n) is 7.51. The molecule has 0 bridgehead atoms. The van der Waals surface area contributed by atoms with Crippen molar-refractivity contribution < 1.29 is 13.9 Å². The summed E-state index contributed by atoms with van der Waals surface area (Å²) < 4.78 is 20.8. The molecule has 0 aliphatic heterocycles. The molecule has 34 heavy (non-hydrogen) atoms. The highest BCUT2D eigenvalue weighted by molar-refractivity contribution is 7.22. The third-order valence-corrected chi connectivity index (χ3v) is 6.49. The van der Waals surface area contributed by atoms with E-state index in [-0.39, 0.29) is 24.1 Å². The number of nitrogens with zero attached hydrogens (tertiary/aromatic N) is 3. The number of aromatic nitrogens is 1. The van der Waals surface area contributed by atoms with E-state index in [1.54, 1.807) is 35.2 Å². The Hall–Kier alpha value is -3.00. The Kier molecular flexibility index (Phi) is 8.98. The molecule has 0 aliphatic rings. The zero-order chi connectivity index (χ0) is 23.2. The Balaban J connectivity index is 0.00000324. The average Bonchev–Trinajstić information content (AvgIpc) is 3.28. The van der Waals surface area contributed by atoms with Crippen LogP contribution >= 0.6 is 23.7 Å². The average molecular weight is 500 g/mol. The van der Waals surface area contributed by atoms with Crippen LogP contribution in [0.5, 0.6) is 11.5 Å². The Morgan fingerprint density at radius 1 is 0.912 bits per heavy atom. The van der Waals surface area contributed by atoms with Gasteiger partial charge >= 0.3 is 0 Å². The molecule has 8 heteroatoms. The third-order valence-electron chi connectivity index (χ3n) is 5.45. The molecule has 0 atom stereocenters. The molecule has 3 aromatic carbocycles. The normalized spacial score (nSPS) is 10.8. The SMILES string of the molecule is CCN(CC)CCN(C(=O)c1ccc(Oc2ccccc2)cc1)c1nc2c(F)cccc2s1.Cl. The summed E-state index contributed by atoms with van der Waals surface area (Å²) in [5.74, 6) is 0.824. The van der Waals surface area contributed by atoms with E-state index in [2.05, 4.69) is 23.7 Å². The summed E-state index contributed by atoms with van der Waals surface area (Å²) >= 11 is 1.33. The molecule has 4 rings (SSSR count). The highest BCUT2D eigenvalue weighted by Crippen LogP contribution is 2.31. The summed E-state index contributed by atoms with van der Waals surface area (Å²) in [6, 6.07) is 21.4. The lowest BCUT2D eigenvalue weighted by Crippen LogP contribution is -2.38. The molecule has 0 N–H and O–H groups in total. The Bertz CT molecular complexity index is 1210. The van der Waals surface area contributed by atoms with Crippen molar-refractivity contribution in [2.75, 3.05) is 31.1 Å². The highest BCUT2D eigenvalue weighted by atomic mass is 35.5. The van der Waals surface area contributed by atoms with E-state index < -0.39 is 0 Å². The van der Waals surface area contributed by atoms with E-state index in [1.807, 2.05) is 36.4 Å². The predicted octanol–water partition coefficient (Wildman–Crippen LogP) is 6.64. The van der Waals surface area contributed by atoms with Gasteiger partial charge in [-0.25, -0.2) is 9.37 Å². The molecule has 0 aliphatic carbocycles. The summed E-state index contributed by atoms with van der Waals surface area (Å²) in [6.45, 7) is 7.12. The fraction of sp³-hybridized carbons (Fsp3) is 0.231. The molecule has 4 aromatic rings. The number of halogens is 2. The van der Waals surface area contributed by atoms with Crippen LogP contribution < -0.4 is 9.64 Å². The molecule has 1 amide bonds. The molecule has 0 saturated heterocycles. The van der Waals surface area contributed by atoms with Gasteiger partial charge in [0.2, 0.25) is 0 Å². The van der Waals surface area contributed by atoms with Crippen molar-refractivity contribution >= 4 is 45.0 Å². The lowest BCUT2D eigenvalue weighted by molar-refractivity contribution is 0.0983. The first kappa shape index (κ1) is 25.6. The van der Waals surface area contributed by atoms with Crippen molar-refractivity contribution in [2.45, 2.75) is 13.8 Å². The summed E-state index contributed by atoms with van der Waals surface area (Å²) in [4.78, 5) is 21.9. The molecular weight excluding hydrogens is 473 g/mol. The van der Waals surface area contributed by atoms with E-state index in [0.717, 1.165) is 23.5 Å². The zero-order valence-electron chi connectivity index (χ0n) is 19.1. The zero-order valence-corrected chi connectivity index (χ0v) is 20.7. The van der Waals surface area contributed by atoms with E-state index in [9.17, 15) is 9.18 Å². The fourth-order valence-electron chi connectivity index (χ4n) is 3.53. The molecule has 0 spiro atoms. The molecular formula is C26H27ClFN3O2S. The van der Waals surface area contributed by atoms with Crippen LogP contribution in [0, 0.1) is 5.82 Å². The van der Waals surface area contributed by atoms with Crippen molar-refractivity contribution in [3.05, 3.63) is 84.2 Å². The molecule has 0 saturated carbocycles. The van der Waals surface area contributed by atoms with Crippen LogP contribution in [0.15, 0.2) is 72.8 Å². The Morgan fingerprint density at radius 3 is 2.24 bits per heavy atom. The standard InChI is InChI=1S/C26H26FN3O2S.ClH/c1-3-29(4-2)17-18-30(26-28-24-22(27)11-8-12-23(24)33-26)25(31)19-13-15-21(16-14-19)32-20-9-6-5-7-10-20;/h5-16H,3-4,17-18H2,1-2H3;1H. The molecule has 178 valence electrons. The van der Waals surface area contributed by atoms with Gasteiger partial charge in [0, 0.05) is 18.7 Å².